The van der Waals surface area contributed by atoms with Crippen molar-refractivity contribution < 1.29 is 35.1 Å². The average molecular weight is 651 g/mol. The number of ether oxygens (including phenoxy) is 1. The van der Waals surface area contributed by atoms with E-state index in [1.807, 2.05) is 12.1 Å². The zero-order valence-corrected chi connectivity index (χ0v) is 29.3. The van der Waals surface area contributed by atoms with Gasteiger partial charge in [-0.2, -0.15) is 0 Å². The number of hydrogen-bond donors (Lipinski definition) is 5. The van der Waals surface area contributed by atoms with E-state index in [4.69, 9.17) is 9.84 Å². The molecule has 0 heterocycles. The molecule has 0 fully saturated rings. The highest BCUT2D eigenvalue weighted by atomic mass is 16.5. The average Bonchev–Trinajstić information content (AvgIpc) is 3.08. The van der Waals surface area contributed by atoms with Crippen molar-refractivity contribution in [2.75, 3.05) is 13.2 Å². The lowest BCUT2D eigenvalue weighted by Crippen LogP contribution is -2.47. The lowest BCUT2D eigenvalue weighted by Gasteiger charge is -2.25. The molecule has 0 radical (unpaired) electrons. The van der Waals surface area contributed by atoms with E-state index >= 15 is 0 Å². The first-order valence-electron chi connectivity index (χ1n) is 19.0. The van der Waals surface area contributed by atoms with Gasteiger partial charge < -0.3 is 30.3 Å². The van der Waals surface area contributed by atoms with Crippen molar-refractivity contribution in [2.45, 2.75) is 192 Å². The summed E-state index contributed by atoms with van der Waals surface area (Å²) >= 11 is 0. The van der Waals surface area contributed by atoms with Crippen LogP contribution in [0.1, 0.15) is 177 Å². The van der Waals surface area contributed by atoms with Gasteiger partial charge in [-0.3, -0.25) is 0 Å². The Labute approximate surface area is 281 Å². The van der Waals surface area contributed by atoms with Crippen LogP contribution in [0.25, 0.3) is 0 Å². The third-order valence-electron chi connectivity index (χ3n) is 9.22. The number of rotatable bonds is 32. The van der Waals surface area contributed by atoms with Crippen molar-refractivity contribution in [3.63, 3.8) is 0 Å². The highest BCUT2D eigenvalue weighted by molar-refractivity contribution is 5.89. The van der Waals surface area contributed by atoms with Crippen LogP contribution in [0.3, 0.4) is 0 Å². The van der Waals surface area contributed by atoms with Gasteiger partial charge in [-0.25, -0.2) is 4.79 Å². The minimum atomic E-state index is -1.76. The zero-order valence-electron chi connectivity index (χ0n) is 29.3. The minimum Gasteiger partial charge on any atom is -0.459 e. The van der Waals surface area contributed by atoms with Gasteiger partial charge in [-0.1, -0.05) is 167 Å². The van der Waals surface area contributed by atoms with Gasteiger partial charge in [0.05, 0.1) is 12.2 Å². The Hall–Kier alpha value is -1.51. The van der Waals surface area contributed by atoms with Gasteiger partial charge in [0.2, 0.25) is 0 Å². The van der Waals surface area contributed by atoms with Crippen LogP contribution in [0.5, 0.6) is 0 Å². The topological polar surface area (TPSA) is 127 Å². The molecule has 4 atom stereocenters. The summed E-state index contributed by atoms with van der Waals surface area (Å²) in [6.45, 7) is 0.974. The Morgan fingerprint density at radius 3 is 1.26 bits per heavy atom. The summed E-state index contributed by atoms with van der Waals surface area (Å²) in [5.41, 5.74) is 1.49. The first-order valence-corrected chi connectivity index (χ1v) is 19.0. The van der Waals surface area contributed by atoms with Gasteiger partial charge in [0.1, 0.15) is 31.0 Å². The quantitative estimate of drug-likeness (QED) is 0.0393. The standard InChI is InChI=1S/C39H70O7/c1-2-3-4-5-6-7-8-9-10-11-12-13-14-15-16-17-18-19-20-21-22-23-24-25-26-33-27-29-34(30-28-33)39(45)46-32-36(42)38(44)37(43)35(41)31-40/h27-30,35-38,40-44H,2-26,31-32H2,1H3/t35-,36+,37+,38+/m0/s1. The molecule has 268 valence electrons. The van der Waals surface area contributed by atoms with Gasteiger partial charge in [0.15, 0.2) is 0 Å². The normalized spacial score (nSPS) is 14.2. The summed E-state index contributed by atoms with van der Waals surface area (Å²) in [7, 11) is 0. The van der Waals surface area contributed by atoms with E-state index < -0.39 is 43.6 Å². The molecule has 0 aliphatic heterocycles. The molecule has 0 amide bonds. The van der Waals surface area contributed by atoms with Crippen molar-refractivity contribution in [3.8, 4) is 0 Å². The molecule has 0 unspecified atom stereocenters. The molecule has 0 aromatic heterocycles. The Bertz CT molecular complexity index is 815. The van der Waals surface area contributed by atoms with Crippen molar-refractivity contribution in [1.82, 2.24) is 0 Å². The third kappa shape index (κ3) is 22.1. The van der Waals surface area contributed by atoms with E-state index in [0.29, 0.717) is 5.56 Å². The first-order chi connectivity index (χ1) is 22.4. The fraction of sp³-hybridized carbons (Fsp3) is 0.821. The fourth-order valence-electron chi connectivity index (χ4n) is 6.01. The van der Waals surface area contributed by atoms with Crippen LogP contribution in [0.4, 0.5) is 0 Å². The van der Waals surface area contributed by atoms with Gasteiger partial charge >= 0.3 is 5.97 Å². The molecule has 0 aliphatic carbocycles. The van der Waals surface area contributed by atoms with Crippen molar-refractivity contribution in [3.05, 3.63) is 35.4 Å². The fourth-order valence-corrected chi connectivity index (χ4v) is 6.01. The van der Waals surface area contributed by atoms with Gasteiger partial charge in [0, 0.05) is 0 Å². The lowest BCUT2D eigenvalue weighted by molar-refractivity contribution is -0.124. The van der Waals surface area contributed by atoms with E-state index in [1.165, 1.54) is 148 Å². The van der Waals surface area contributed by atoms with E-state index in [-0.39, 0.29) is 0 Å². The highest BCUT2D eigenvalue weighted by Crippen LogP contribution is 2.17. The van der Waals surface area contributed by atoms with E-state index in [1.54, 1.807) is 12.1 Å². The van der Waals surface area contributed by atoms with Gasteiger partial charge in [-0.15, -0.1) is 0 Å². The smallest absolute Gasteiger partial charge is 0.338 e. The molecule has 1 aromatic rings. The second-order valence-corrected chi connectivity index (χ2v) is 13.5. The molecule has 46 heavy (non-hydrogen) atoms. The Morgan fingerprint density at radius 1 is 0.543 bits per heavy atom. The van der Waals surface area contributed by atoms with Crippen LogP contribution < -0.4 is 0 Å². The molecular formula is C39H70O7. The second-order valence-electron chi connectivity index (χ2n) is 13.5. The largest absolute Gasteiger partial charge is 0.459 e. The number of aryl methyl sites for hydroxylation is 1. The van der Waals surface area contributed by atoms with Crippen LogP contribution in [0.15, 0.2) is 24.3 Å². The number of hydrogen-bond acceptors (Lipinski definition) is 7. The molecule has 0 saturated heterocycles. The number of aliphatic hydroxyl groups is 5. The number of carbonyl (C=O) groups is 1. The Balaban J connectivity index is 1.90. The minimum absolute atomic E-state index is 0.334. The van der Waals surface area contributed by atoms with Gasteiger partial charge in [-0.05, 0) is 30.5 Å². The van der Waals surface area contributed by atoms with E-state index in [0.717, 1.165) is 18.4 Å². The van der Waals surface area contributed by atoms with E-state index in [9.17, 15) is 25.2 Å². The second kappa shape index (κ2) is 29.6. The van der Waals surface area contributed by atoms with Crippen molar-refractivity contribution >= 4 is 5.97 Å². The maximum absolute atomic E-state index is 12.2. The van der Waals surface area contributed by atoms with Crippen molar-refractivity contribution in [1.29, 1.82) is 0 Å². The molecule has 7 heteroatoms. The van der Waals surface area contributed by atoms with Crippen molar-refractivity contribution in [2.24, 2.45) is 0 Å². The molecule has 0 bridgehead atoms. The highest BCUT2D eigenvalue weighted by Gasteiger charge is 2.30. The maximum Gasteiger partial charge on any atom is 0.338 e. The SMILES string of the molecule is CCCCCCCCCCCCCCCCCCCCCCCCCCc1ccc(C(=O)OC[C@@H](O)[C@@H](O)[C@H](O)[C@@H](O)CO)cc1. The predicted molar refractivity (Wildman–Crippen MR) is 188 cm³/mol. The maximum atomic E-state index is 12.2. The molecule has 5 N–H and O–H groups in total. The Kier molecular flexibility index (Phi) is 27.4. The molecular weight excluding hydrogens is 580 g/mol. The van der Waals surface area contributed by atoms with Crippen LogP contribution in [-0.2, 0) is 11.2 Å². The van der Waals surface area contributed by atoms with Crippen LogP contribution in [0.2, 0.25) is 0 Å². The summed E-state index contributed by atoms with van der Waals surface area (Å²) < 4.78 is 5.02. The molecule has 1 aromatic carbocycles. The first kappa shape index (κ1) is 42.5. The molecule has 0 saturated carbocycles. The van der Waals surface area contributed by atoms with Crippen LogP contribution in [0, 0.1) is 0 Å². The Morgan fingerprint density at radius 2 is 0.891 bits per heavy atom. The zero-order chi connectivity index (χ0) is 33.7. The predicted octanol–water partition coefficient (Wildman–Crippen LogP) is 8.20. The van der Waals surface area contributed by atoms with E-state index in [2.05, 4.69) is 6.92 Å². The van der Waals surface area contributed by atoms with Gasteiger partial charge in [0.25, 0.3) is 0 Å². The summed E-state index contributed by atoms with van der Waals surface area (Å²) in [6, 6.07) is 7.18. The summed E-state index contributed by atoms with van der Waals surface area (Å²) in [4.78, 5) is 12.2. The summed E-state index contributed by atoms with van der Waals surface area (Å²) in [5.74, 6) is -0.648. The summed E-state index contributed by atoms with van der Waals surface area (Å²) in [6.07, 6.45) is 27.5. The molecule has 7 nitrogen and oxygen atoms in total. The lowest BCUT2D eigenvalue weighted by atomic mass is 10.0. The monoisotopic (exact) mass is 651 g/mol. The third-order valence-corrected chi connectivity index (χ3v) is 9.22. The van der Waals surface area contributed by atoms with Crippen LogP contribution in [-0.4, -0.2) is 69.1 Å². The number of unbranched alkanes of at least 4 members (excludes halogenated alkanes) is 23. The molecule has 0 spiro atoms. The number of esters is 1. The number of aliphatic hydroxyl groups excluding tert-OH is 5. The molecule has 0 aliphatic rings. The number of benzene rings is 1. The molecule has 1 rings (SSSR count). The van der Waals surface area contributed by atoms with Crippen LogP contribution >= 0.6 is 0 Å². The number of carbonyl (C=O) groups excluding carboxylic acids is 1. The summed E-state index contributed by atoms with van der Waals surface area (Å²) in [5, 5.41) is 47.6.